The number of rotatable bonds is 2. The maximum absolute atomic E-state index is 11.7. The average Bonchev–Trinajstić information content (AvgIpc) is 2.84. The van der Waals surface area contributed by atoms with Crippen LogP contribution >= 0.6 is 0 Å². The van der Waals surface area contributed by atoms with Gasteiger partial charge in [0.15, 0.2) is 0 Å². The highest BCUT2D eigenvalue weighted by Crippen LogP contribution is 2.33. The molecule has 1 aromatic carbocycles. The Balaban J connectivity index is 1.77. The molecule has 1 aliphatic heterocycles. The van der Waals surface area contributed by atoms with Crippen molar-refractivity contribution < 1.29 is 9.53 Å². The Labute approximate surface area is 95.0 Å². The summed E-state index contributed by atoms with van der Waals surface area (Å²) in [5.41, 5.74) is 1.17. The van der Waals surface area contributed by atoms with Crippen molar-refractivity contribution in [3.05, 3.63) is 35.9 Å². The third-order valence-electron chi connectivity index (χ3n) is 3.50. The molecule has 0 unspecified atom stereocenters. The van der Waals surface area contributed by atoms with Crippen molar-refractivity contribution in [1.29, 1.82) is 0 Å². The van der Waals surface area contributed by atoms with E-state index in [1.807, 2.05) is 23.1 Å². The summed E-state index contributed by atoms with van der Waals surface area (Å²) in [7, 11) is 0. The maximum atomic E-state index is 11.7. The molecule has 0 bridgehead atoms. The third kappa shape index (κ3) is 1.56. The SMILES string of the molecule is O=C1O[C@H]2CCC[C@H]2N1Cc1ccccc1. The highest BCUT2D eigenvalue weighted by Gasteiger charge is 2.44. The topological polar surface area (TPSA) is 29.5 Å². The van der Waals surface area contributed by atoms with E-state index < -0.39 is 0 Å². The van der Waals surface area contributed by atoms with Crippen LogP contribution in [0.2, 0.25) is 0 Å². The Hall–Kier alpha value is -1.51. The molecule has 2 atom stereocenters. The van der Waals surface area contributed by atoms with Gasteiger partial charge >= 0.3 is 6.09 Å². The van der Waals surface area contributed by atoms with Crippen molar-refractivity contribution in [3.8, 4) is 0 Å². The van der Waals surface area contributed by atoms with Crippen LogP contribution in [0.4, 0.5) is 4.79 Å². The van der Waals surface area contributed by atoms with Crippen molar-refractivity contribution in [3.63, 3.8) is 0 Å². The lowest BCUT2D eigenvalue weighted by Crippen LogP contribution is -2.33. The first-order chi connectivity index (χ1) is 7.84. The minimum atomic E-state index is -0.140. The number of hydrogen-bond acceptors (Lipinski definition) is 2. The number of ether oxygens (including phenoxy) is 1. The van der Waals surface area contributed by atoms with Gasteiger partial charge < -0.3 is 4.74 Å². The van der Waals surface area contributed by atoms with E-state index in [9.17, 15) is 4.79 Å². The van der Waals surface area contributed by atoms with Crippen LogP contribution in [0.15, 0.2) is 30.3 Å². The molecule has 1 heterocycles. The van der Waals surface area contributed by atoms with Crippen molar-refractivity contribution in [1.82, 2.24) is 4.90 Å². The normalized spacial score (nSPS) is 28.0. The molecular formula is C13H15NO2. The molecule has 0 N–H and O–H groups in total. The summed E-state index contributed by atoms with van der Waals surface area (Å²) in [6.45, 7) is 0.681. The number of fused-ring (bicyclic) bond motifs is 1. The first kappa shape index (κ1) is 9.70. The molecule has 3 heteroatoms. The number of hydrogen-bond donors (Lipinski definition) is 0. The summed E-state index contributed by atoms with van der Waals surface area (Å²) in [5, 5.41) is 0. The zero-order chi connectivity index (χ0) is 11.0. The van der Waals surface area contributed by atoms with Crippen LogP contribution in [-0.4, -0.2) is 23.1 Å². The minimum Gasteiger partial charge on any atom is -0.444 e. The Morgan fingerprint density at radius 3 is 2.88 bits per heavy atom. The van der Waals surface area contributed by atoms with Crippen LogP contribution in [0.5, 0.6) is 0 Å². The third-order valence-corrected chi connectivity index (χ3v) is 3.50. The van der Waals surface area contributed by atoms with Gasteiger partial charge in [-0.2, -0.15) is 0 Å². The lowest BCUT2D eigenvalue weighted by atomic mass is 10.1. The van der Waals surface area contributed by atoms with E-state index in [2.05, 4.69) is 12.1 Å². The van der Waals surface area contributed by atoms with Gasteiger partial charge in [0, 0.05) is 6.54 Å². The first-order valence-electron chi connectivity index (χ1n) is 5.86. The van der Waals surface area contributed by atoms with Gasteiger partial charge in [-0.05, 0) is 24.8 Å². The number of amides is 1. The molecule has 3 rings (SSSR count). The van der Waals surface area contributed by atoms with Gasteiger partial charge in [-0.1, -0.05) is 30.3 Å². The van der Waals surface area contributed by atoms with Crippen LogP contribution in [0.1, 0.15) is 24.8 Å². The molecule has 0 aromatic heterocycles. The number of nitrogens with zero attached hydrogens (tertiary/aromatic N) is 1. The quantitative estimate of drug-likeness (QED) is 0.762. The smallest absolute Gasteiger partial charge is 0.410 e. The molecule has 84 valence electrons. The highest BCUT2D eigenvalue weighted by molar-refractivity contribution is 5.71. The summed E-state index contributed by atoms with van der Waals surface area (Å²) in [4.78, 5) is 13.6. The van der Waals surface area contributed by atoms with E-state index in [0.29, 0.717) is 12.6 Å². The number of benzene rings is 1. The van der Waals surface area contributed by atoms with Crippen LogP contribution < -0.4 is 0 Å². The van der Waals surface area contributed by atoms with Gasteiger partial charge in [0.1, 0.15) is 6.10 Å². The fraction of sp³-hybridized carbons (Fsp3) is 0.462. The van der Waals surface area contributed by atoms with Gasteiger partial charge in [0.05, 0.1) is 6.04 Å². The molecule has 1 saturated carbocycles. The average molecular weight is 217 g/mol. The maximum Gasteiger partial charge on any atom is 0.410 e. The predicted octanol–water partition coefficient (Wildman–Crippen LogP) is 2.56. The van der Waals surface area contributed by atoms with E-state index >= 15 is 0 Å². The fourth-order valence-corrected chi connectivity index (χ4v) is 2.69. The van der Waals surface area contributed by atoms with Gasteiger partial charge in [-0.15, -0.1) is 0 Å². The summed E-state index contributed by atoms with van der Waals surface area (Å²) in [6.07, 6.45) is 3.30. The van der Waals surface area contributed by atoms with E-state index in [-0.39, 0.29) is 12.2 Å². The van der Waals surface area contributed by atoms with Crippen LogP contribution in [0.25, 0.3) is 0 Å². The van der Waals surface area contributed by atoms with E-state index in [1.54, 1.807) is 0 Å². The van der Waals surface area contributed by atoms with Crippen molar-refractivity contribution in [2.24, 2.45) is 0 Å². The van der Waals surface area contributed by atoms with Crippen molar-refractivity contribution in [2.75, 3.05) is 0 Å². The highest BCUT2D eigenvalue weighted by atomic mass is 16.6. The van der Waals surface area contributed by atoms with Crippen LogP contribution in [0.3, 0.4) is 0 Å². The summed E-state index contributed by atoms with van der Waals surface area (Å²) < 4.78 is 5.36. The van der Waals surface area contributed by atoms with Gasteiger partial charge in [-0.3, -0.25) is 4.90 Å². The Bertz CT molecular complexity index is 390. The summed E-state index contributed by atoms with van der Waals surface area (Å²) in [5.74, 6) is 0. The first-order valence-corrected chi connectivity index (χ1v) is 5.86. The zero-order valence-corrected chi connectivity index (χ0v) is 9.13. The van der Waals surface area contributed by atoms with Crippen LogP contribution in [0, 0.1) is 0 Å². The molecule has 1 aromatic rings. The largest absolute Gasteiger partial charge is 0.444 e. The molecule has 1 aliphatic carbocycles. The molecule has 2 fully saturated rings. The van der Waals surface area contributed by atoms with E-state index in [1.165, 1.54) is 12.0 Å². The minimum absolute atomic E-state index is 0.140. The number of carbonyl (C=O) groups excluding carboxylic acids is 1. The zero-order valence-electron chi connectivity index (χ0n) is 9.13. The lowest BCUT2D eigenvalue weighted by Gasteiger charge is -2.19. The second-order valence-corrected chi connectivity index (χ2v) is 4.53. The lowest BCUT2D eigenvalue weighted by molar-refractivity contribution is 0.130. The summed E-state index contributed by atoms with van der Waals surface area (Å²) >= 11 is 0. The van der Waals surface area contributed by atoms with Gasteiger partial charge in [0.25, 0.3) is 0 Å². The predicted molar refractivity (Wildman–Crippen MR) is 59.9 cm³/mol. The molecule has 1 saturated heterocycles. The Morgan fingerprint density at radius 2 is 2.06 bits per heavy atom. The van der Waals surface area contributed by atoms with Gasteiger partial charge in [-0.25, -0.2) is 4.79 Å². The second-order valence-electron chi connectivity index (χ2n) is 4.53. The number of carbonyl (C=O) groups is 1. The Kier molecular flexibility index (Phi) is 2.31. The fourth-order valence-electron chi connectivity index (χ4n) is 2.69. The van der Waals surface area contributed by atoms with E-state index in [0.717, 1.165) is 12.8 Å². The molecule has 1 amide bonds. The molecule has 2 aliphatic rings. The second kappa shape index (κ2) is 3.81. The molecule has 16 heavy (non-hydrogen) atoms. The van der Waals surface area contributed by atoms with Crippen molar-refractivity contribution in [2.45, 2.75) is 38.0 Å². The molecule has 3 nitrogen and oxygen atoms in total. The Morgan fingerprint density at radius 1 is 1.25 bits per heavy atom. The molecular weight excluding hydrogens is 202 g/mol. The van der Waals surface area contributed by atoms with Gasteiger partial charge in [0.2, 0.25) is 0 Å². The molecule has 0 radical (unpaired) electrons. The van der Waals surface area contributed by atoms with Crippen LogP contribution in [-0.2, 0) is 11.3 Å². The van der Waals surface area contributed by atoms with Crippen molar-refractivity contribution >= 4 is 6.09 Å². The summed E-state index contributed by atoms with van der Waals surface area (Å²) in [6, 6.07) is 10.4. The standard InChI is InChI=1S/C13H15NO2/c15-13-14(9-10-5-2-1-3-6-10)11-7-4-8-12(11)16-13/h1-3,5-6,11-12H,4,7-9H2/t11-,12+/m1/s1. The van der Waals surface area contributed by atoms with E-state index in [4.69, 9.17) is 4.74 Å². The monoisotopic (exact) mass is 217 g/mol. The molecule has 0 spiro atoms.